The van der Waals surface area contributed by atoms with Gasteiger partial charge in [-0.25, -0.2) is 0 Å². The Kier molecular flexibility index (Phi) is 6.22. The molecule has 0 radical (unpaired) electrons. The maximum Gasteiger partial charge on any atom is 0.143 e. The van der Waals surface area contributed by atoms with E-state index in [-0.39, 0.29) is 0 Å². The van der Waals surface area contributed by atoms with E-state index in [4.69, 9.17) is 30.4 Å². The third-order valence-corrected chi connectivity index (χ3v) is 5.66. The van der Waals surface area contributed by atoms with Crippen LogP contribution in [0.3, 0.4) is 0 Å². The van der Waals surface area contributed by atoms with Gasteiger partial charge >= 0.3 is 0 Å². The van der Waals surface area contributed by atoms with Crippen LogP contribution in [0, 0.1) is 0 Å². The monoisotopic (exact) mass is 368 g/mol. The molecule has 0 bridgehead atoms. The first kappa shape index (κ1) is 18.3. The minimum absolute atomic E-state index is 0.524. The van der Waals surface area contributed by atoms with E-state index in [0.29, 0.717) is 34.4 Å². The Hall–Kier alpha value is -2.06. The number of ether oxygens (including phenoxy) is 4. The molecule has 0 spiro atoms. The fraction of sp³-hybridized carbons (Fsp3) is 0.250. The van der Waals surface area contributed by atoms with E-state index in [9.17, 15) is 0 Å². The van der Waals surface area contributed by atoms with Gasteiger partial charge < -0.3 is 30.4 Å². The number of hydrogen-bond acceptors (Lipinski definition) is 8. The molecule has 24 heavy (non-hydrogen) atoms. The van der Waals surface area contributed by atoms with Crippen LogP contribution < -0.4 is 30.4 Å². The van der Waals surface area contributed by atoms with Crippen LogP contribution in [0.2, 0.25) is 0 Å². The lowest BCUT2D eigenvalue weighted by Gasteiger charge is -2.14. The summed E-state index contributed by atoms with van der Waals surface area (Å²) in [5, 5.41) is 0. The maximum atomic E-state index is 5.91. The molecule has 0 unspecified atom stereocenters. The second-order valence-corrected chi connectivity index (χ2v) is 6.87. The molecule has 2 rings (SSSR count). The molecule has 0 saturated carbocycles. The normalized spacial score (nSPS) is 10.3. The summed E-state index contributed by atoms with van der Waals surface area (Å²) in [5.74, 6) is 2.54. The molecule has 0 aliphatic rings. The Morgan fingerprint density at radius 1 is 0.583 bits per heavy atom. The third kappa shape index (κ3) is 3.88. The smallest absolute Gasteiger partial charge is 0.143 e. The highest BCUT2D eigenvalue weighted by molar-refractivity contribution is 8.76. The van der Waals surface area contributed by atoms with E-state index >= 15 is 0 Å². The van der Waals surface area contributed by atoms with Crippen molar-refractivity contribution in [2.75, 3.05) is 39.9 Å². The van der Waals surface area contributed by atoms with Gasteiger partial charge in [-0.3, -0.25) is 0 Å². The van der Waals surface area contributed by atoms with Crippen LogP contribution in [0.1, 0.15) is 0 Å². The van der Waals surface area contributed by atoms with Gasteiger partial charge in [-0.15, -0.1) is 0 Å². The lowest BCUT2D eigenvalue weighted by Crippen LogP contribution is -1.96. The molecule has 0 aromatic heterocycles. The summed E-state index contributed by atoms with van der Waals surface area (Å²) >= 11 is 0. The minimum Gasteiger partial charge on any atom is -0.495 e. The van der Waals surface area contributed by atoms with Gasteiger partial charge in [0.05, 0.1) is 49.6 Å². The van der Waals surface area contributed by atoms with Crippen molar-refractivity contribution in [3.8, 4) is 23.0 Å². The molecule has 0 heterocycles. The fourth-order valence-electron chi connectivity index (χ4n) is 2.01. The zero-order valence-corrected chi connectivity index (χ0v) is 15.5. The van der Waals surface area contributed by atoms with Crippen molar-refractivity contribution in [3.05, 3.63) is 24.3 Å². The van der Waals surface area contributed by atoms with Crippen LogP contribution >= 0.6 is 21.6 Å². The highest BCUT2D eigenvalue weighted by Gasteiger charge is 2.14. The summed E-state index contributed by atoms with van der Waals surface area (Å²) < 4.78 is 21.3. The number of methoxy groups -OCH3 is 4. The summed E-state index contributed by atoms with van der Waals surface area (Å²) in [4.78, 5) is 1.76. The number of benzene rings is 2. The summed E-state index contributed by atoms with van der Waals surface area (Å²) in [6.07, 6.45) is 0. The Balaban J connectivity index is 2.30. The van der Waals surface area contributed by atoms with Crippen molar-refractivity contribution in [2.24, 2.45) is 0 Å². The van der Waals surface area contributed by atoms with Gasteiger partial charge in [0, 0.05) is 24.3 Å². The van der Waals surface area contributed by atoms with Gasteiger partial charge in [0.1, 0.15) is 23.0 Å². The molecule has 4 N–H and O–H groups in total. The molecule has 0 atom stereocenters. The van der Waals surface area contributed by atoms with Crippen molar-refractivity contribution in [1.82, 2.24) is 0 Å². The van der Waals surface area contributed by atoms with Crippen LogP contribution in [0.25, 0.3) is 0 Å². The molecule has 0 aliphatic heterocycles. The first-order valence-electron chi connectivity index (χ1n) is 6.91. The first-order valence-corrected chi connectivity index (χ1v) is 9.06. The number of nitrogens with two attached hydrogens (primary N) is 2. The van der Waals surface area contributed by atoms with Crippen LogP contribution in [0.5, 0.6) is 23.0 Å². The topological polar surface area (TPSA) is 89.0 Å². The molecule has 6 nitrogen and oxygen atoms in total. The van der Waals surface area contributed by atoms with Crippen LogP contribution in [-0.4, -0.2) is 28.4 Å². The van der Waals surface area contributed by atoms with E-state index in [0.717, 1.165) is 9.79 Å². The van der Waals surface area contributed by atoms with E-state index in [1.807, 2.05) is 12.1 Å². The molecule has 130 valence electrons. The first-order chi connectivity index (χ1) is 11.5. The lowest BCUT2D eigenvalue weighted by molar-refractivity contribution is 0.395. The molecule has 2 aromatic carbocycles. The van der Waals surface area contributed by atoms with Crippen molar-refractivity contribution < 1.29 is 18.9 Å². The van der Waals surface area contributed by atoms with Crippen molar-refractivity contribution >= 4 is 33.0 Å². The highest BCUT2D eigenvalue weighted by atomic mass is 33.1. The summed E-state index contributed by atoms with van der Waals surface area (Å²) in [6, 6.07) is 7.16. The molecular weight excluding hydrogens is 348 g/mol. The van der Waals surface area contributed by atoms with Crippen molar-refractivity contribution in [1.29, 1.82) is 0 Å². The number of nitrogen functional groups attached to an aromatic ring is 2. The van der Waals surface area contributed by atoms with Crippen LogP contribution in [0.15, 0.2) is 34.1 Å². The van der Waals surface area contributed by atoms with Crippen LogP contribution in [-0.2, 0) is 0 Å². The molecular formula is C16H20N2O4S2. The Labute approximate surface area is 149 Å². The molecule has 0 fully saturated rings. The van der Waals surface area contributed by atoms with E-state index in [2.05, 4.69) is 0 Å². The highest BCUT2D eigenvalue weighted by Crippen LogP contribution is 2.48. The van der Waals surface area contributed by atoms with Crippen molar-refractivity contribution in [3.63, 3.8) is 0 Å². The van der Waals surface area contributed by atoms with Gasteiger partial charge in [-0.1, -0.05) is 0 Å². The Bertz CT molecular complexity index is 664. The predicted octanol–water partition coefficient (Wildman–Crippen LogP) is 3.68. The van der Waals surface area contributed by atoms with Gasteiger partial charge in [-0.05, 0) is 21.6 Å². The van der Waals surface area contributed by atoms with Gasteiger partial charge in [0.2, 0.25) is 0 Å². The summed E-state index contributed by atoms with van der Waals surface area (Å²) in [6.45, 7) is 0. The predicted molar refractivity (Wildman–Crippen MR) is 99.6 cm³/mol. The zero-order valence-electron chi connectivity index (χ0n) is 13.9. The van der Waals surface area contributed by atoms with E-state index in [1.165, 1.54) is 21.6 Å². The van der Waals surface area contributed by atoms with Crippen LogP contribution in [0.4, 0.5) is 11.4 Å². The quantitative estimate of drug-likeness (QED) is 0.565. The van der Waals surface area contributed by atoms with Gasteiger partial charge in [0.25, 0.3) is 0 Å². The second-order valence-electron chi connectivity index (χ2n) is 4.66. The fourth-order valence-corrected chi connectivity index (χ4v) is 4.27. The van der Waals surface area contributed by atoms with Gasteiger partial charge in [-0.2, -0.15) is 0 Å². The zero-order chi connectivity index (χ0) is 17.7. The van der Waals surface area contributed by atoms with Gasteiger partial charge in [0.15, 0.2) is 0 Å². The molecule has 2 aromatic rings. The Morgan fingerprint density at radius 2 is 0.917 bits per heavy atom. The third-order valence-electron chi connectivity index (χ3n) is 3.25. The molecule has 0 aliphatic carbocycles. The number of anilines is 2. The van der Waals surface area contributed by atoms with E-state index < -0.39 is 0 Å². The Morgan fingerprint density at radius 3 is 1.21 bits per heavy atom. The average Bonchev–Trinajstić information content (AvgIpc) is 2.60. The second kappa shape index (κ2) is 8.16. The van der Waals surface area contributed by atoms with E-state index in [1.54, 1.807) is 40.6 Å². The minimum atomic E-state index is 0.524. The lowest BCUT2D eigenvalue weighted by atomic mass is 10.3. The molecule has 0 saturated heterocycles. The SMILES string of the molecule is COc1cc(SSc2cc(OC)c(N)cc2OC)c(OC)cc1N. The summed E-state index contributed by atoms with van der Waals surface area (Å²) in [7, 11) is 9.35. The van der Waals surface area contributed by atoms with Crippen molar-refractivity contribution in [2.45, 2.75) is 9.79 Å². The molecule has 0 amide bonds. The largest absolute Gasteiger partial charge is 0.495 e. The number of rotatable bonds is 7. The average molecular weight is 368 g/mol. The molecule has 8 heteroatoms. The number of hydrogen-bond donors (Lipinski definition) is 2. The maximum absolute atomic E-state index is 5.91. The summed E-state index contributed by atoms with van der Waals surface area (Å²) in [5.41, 5.74) is 12.9. The standard InChI is InChI=1S/C16H20N2O4S2/c1-19-11-7-15(13(21-3)5-9(11)17)23-24-16-8-12(20-2)10(18)6-14(16)22-4/h5-8H,17-18H2,1-4H3.